The molecule has 2 aromatic rings. The Bertz CT molecular complexity index is 569. The molecule has 3 rings (SSSR count). The van der Waals surface area contributed by atoms with Crippen molar-refractivity contribution in [1.29, 1.82) is 0 Å². The molecule has 0 aliphatic heterocycles. The Kier molecular flexibility index (Phi) is 3.54. The minimum absolute atomic E-state index is 0.435. The molecule has 0 saturated heterocycles. The van der Waals surface area contributed by atoms with E-state index in [0.717, 1.165) is 16.7 Å². The molecule has 1 fully saturated rings. The predicted octanol–water partition coefficient (Wildman–Crippen LogP) is 4.09. The Morgan fingerprint density at radius 2 is 2.05 bits per heavy atom. The fraction of sp³-hybridized carbons (Fsp3) is 0.615. The average molecular weight is 294 g/mol. The molecule has 0 aromatic carbocycles. The second-order valence-corrected chi connectivity index (χ2v) is 7.15. The maximum absolute atomic E-state index is 4.84. The Morgan fingerprint density at radius 1 is 1.26 bits per heavy atom. The second kappa shape index (κ2) is 5.17. The third-order valence-corrected chi connectivity index (χ3v) is 5.36. The van der Waals surface area contributed by atoms with E-state index in [-0.39, 0.29) is 0 Å². The smallest absolute Gasteiger partial charge is 0.206 e. The fourth-order valence-electron chi connectivity index (χ4n) is 1.94. The third kappa shape index (κ3) is 2.65. The van der Waals surface area contributed by atoms with Crippen molar-refractivity contribution in [3.8, 4) is 9.88 Å². The number of anilines is 1. The molecular formula is C13H18N4S2. The summed E-state index contributed by atoms with van der Waals surface area (Å²) in [6, 6.07) is 0. The highest BCUT2D eigenvalue weighted by Gasteiger charge is 2.30. The summed E-state index contributed by atoms with van der Waals surface area (Å²) in [6.07, 6.45) is 2.59. The molecule has 4 nitrogen and oxygen atoms in total. The topological polar surface area (TPSA) is 50.7 Å². The van der Waals surface area contributed by atoms with Crippen LogP contribution in [0, 0.1) is 0 Å². The maximum atomic E-state index is 4.84. The van der Waals surface area contributed by atoms with E-state index in [0.29, 0.717) is 11.8 Å². The van der Waals surface area contributed by atoms with E-state index in [2.05, 4.69) is 36.3 Å². The number of nitrogens with zero attached hydrogens (tertiary/aromatic N) is 3. The van der Waals surface area contributed by atoms with Gasteiger partial charge in [-0.3, -0.25) is 0 Å². The molecule has 2 aromatic heterocycles. The van der Waals surface area contributed by atoms with Crippen LogP contribution in [0.4, 0.5) is 5.13 Å². The summed E-state index contributed by atoms with van der Waals surface area (Å²) < 4.78 is 0. The normalized spacial score (nSPS) is 15.2. The Labute approximate surface area is 121 Å². The minimum Gasteiger partial charge on any atom is -0.360 e. The number of rotatable bonds is 5. The monoisotopic (exact) mass is 294 g/mol. The first-order valence-electron chi connectivity index (χ1n) is 6.77. The van der Waals surface area contributed by atoms with Crippen LogP contribution in [0.3, 0.4) is 0 Å². The second-order valence-electron chi connectivity index (χ2n) is 5.14. The molecule has 0 unspecified atom stereocenters. The van der Waals surface area contributed by atoms with Crippen LogP contribution in [0.2, 0.25) is 0 Å². The van der Waals surface area contributed by atoms with Crippen LogP contribution in [-0.4, -0.2) is 21.7 Å². The van der Waals surface area contributed by atoms with Crippen molar-refractivity contribution in [1.82, 2.24) is 15.2 Å². The summed E-state index contributed by atoms with van der Waals surface area (Å²) in [5.74, 6) is 1.14. The molecule has 1 aliphatic carbocycles. The van der Waals surface area contributed by atoms with Gasteiger partial charge >= 0.3 is 0 Å². The van der Waals surface area contributed by atoms with Gasteiger partial charge in [0.15, 0.2) is 5.01 Å². The van der Waals surface area contributed by atoms with Crippen LogP contribution in [-0.2, 0) is 0 Å². The van der Waals surface area contributed by atoms with Crippen LogP contribution in [0.15, 0.2) is 0 Å². The van der Waals surface area contributed by atoms with Gasteiger partial charge in [0.2, 0.25) is 5.13 Å². The third-order valence-electron chi connectivity index (χ3n) is 3.09. The molecule has 6 heteroatoms. The van der Waals surface area contributed by atoms with E-state index in [1.807, 2.05) is 11.3 Å². The molecule has 1 saturated carbocycles. The largest absolute Gasteiger partial charge is 0.360 e. The van der Waals surface area contributed by atoms with Gasteiger partial charge in [-0.2, -0.15) is 0 Å². The molecule has 102 valence electrons. The van der Waals surface area contributed by atoms with Crippen LogP contribution in [0.25, 0.3) is 9.88 Å². The van der Waals surface area contributed by atoms with E-state index in [9.17, 15) is 0 Å². The van der Waals surface area contributed by atoms with E-state index in [1.165, 1.54) is 28.4 Å². The molecular weight excluding hydrogens is 276 g/mol. The molecule has 0 atom stereocenters. The molecule has 0 spiro atoms. The molecule has 19 heavy (non-hydrogen) atoms. The van der Waals surface area contributed by atoms with Crippen LogP contribution < -0.4 is 5.32 Å². The summed E-state index contributed by atoms with van der Waals surface area (Å²) in [5, 5.41) is 14.9. The lowest BCUT2D eigenvalue weighted by molar-refractivity contribution is 0.823. The number of aromatic nitrogens is 3. The lowest BCUT2D eigenvalue weighted by Gasteiger charge is -2.01. The van der Waals surface area contributed by atoms with Crippen molar-refractivity contribution >= 4 is 27.8 Å². The maximum Gasteiger partial charge on any atom is 0.206 e. The SMILES string of the molecule is CCNc1nnc(-c2sc(C3CC3)nc2C(C)C)s1. The van der Waals surface area contributed by atoms with Gasteiger partial charge in [0.05, 0.1) is 15.6 Å². The van der Waals surface area contributed by atoms with Crippen molar-refractivity contribution < 1.29 is 0 Å². The van der Waals surface area contributed by atoms with Gasteiger partial charge in [0.25, 0.3) is 0 Å². The van der Waals surface area contributed by atoms with Crippen molar-refractivity contribution in [3.63, 3.8) is 0 Å². The average Bonchev–Trinajstić information content (AvgIpc) is 2.96. The van der Waals surface area contributed by atoms with Crippen molar-refractivity contribution in [3.05, 3.63) is 10.7 Å². The minimum atomic E-state index is 0.435. The predicted molar refractivity (Wildman–Crippen MR) is 81.2 cm³/mol. The highest BCUT2D eigenvalue weighted by molar-refractivity contribution is 7.23. The molecule has 0 amide bonds. The van der Waals surface area contributed by atoms with Gasteiger partial charge in [0, 0.05) is 12.5 Å². The Morgan fingerprint density at radius 3 is 2.68 bits per heavy atom. The first kappa shape index (κ1) is 13.0. The lowest BCUT2D eigenvalue weighted by Crippen LogP contribution is -1.94. The highest BCUT2D eigenvalue weighted by Crippen LogP contribution is 2.46. The number of hydrogen-bond acceptors (Lipinski definition) is 6. The Hall–Kier alpha value is -1.01. The summed E-state index contributed by atoms with van der Waals surface area (Å²) >= 11 is 3.44. The molecule has 1 aliphatic rings. The summed E-state index contributed by atoms with van der Waals surface area (Å²) in [6.45, 7) is 7.34. The van der Waals surface area contributed by atoms with Gasteiger partial charge in [-0.05, 0) is 25.7 Å². The quantitative estimate of drug-likeness (QED) is 0.902. The summed E-state index contributed by atoms with van der Waals surface area (Å²) in [7, 11) is 0. The molecule has 0 radical (unpaired) electrons. The van der Waals surface area contributed by atoms with Gasteiger partial charge in [-0.1, -0.05) is 25.2 Å². The van der Waals surface area contributed by atoms with Gasteiger partial charge < -0.3 is 5.32 Å². The molecule has 0 bridgehead atoms. The van der Waals surface area contributed by atoms with Gasteiger partial charge in [-0.25, -0.2) is 4.98 Å². The zero-order valence-corrected chi connectivity index (χ0v) is 13.1. The van der Waals surface area contributed by atoms with Gasteiger partial charge in [-0.15, -0.1) is 21.5 Å². The first-order valence-corrected chi connectivity index (χ1v) is 8.40. The molecule has 2 heterocycles. The van der Waals surface area contributed by atoms with Crippen LogP contribution >= 0.6 is 22.7 Å². The van der Waals surface area contributed by atoms with Crippen LogP contribution in [0.5, 0.6) is 0 Å². The van der Waals surface area contributed by atoms with E-state index in [1.54, 1.807) is 11.3 Å². The summed E-state index contributed by atoms with van der Waals surface area (Å²) in [4.78, 5) is 6.06. The highest BCUT2D eigenvalue weighted by atomic mass is 32.1. The fourth-order valence-corrected chi connectivity index (χ4v) is 4.22. The molecule has 1 N–H and O–H groups in total. The van der Waals surface area contributed by atoms with E-state index < -0.39 is 0 Å². The standard InChI is InChI=1S/C13H18N4S2/c1-4-14-13-17-16-12(19-13)10-9(7(2)3)15-11(18-10)8-5-6-8/h7-8H,4-6H2,1-3H3,(H,14,17). The number of hydrogen-bond donors (Lipinski definition) is 1. The zero-order valence-electron chi connectivity index (χ0n) is 11.4. The van der Waals surface area contributed by atoms with E-state index >= 15 is 0 Å². The lowest BCUT2D eigenvalue weighted by atomic mass is 10.1. The van der Waals surface area contributed by atoms with E-state index in [4.69, 9.17) is 4.98 Å². The van der Waals surface area contributed by atoms with Crippen molar-refractivity contribution in [2.45, 2.75) is 45.4 Å². The van der Waals surface area contributed by atoms with Gasteiger partial charge in [0.1, 0.15) is 0 Å². The number of thiazole rings is 1. The summed E-state index contributed by atoms with van der Waals surface area (Å²) in [5.41, 5.74) is 1.19. The first-order chi connectivity index (χ1) is 9.19. The number of nitrogens with one attached hydrogen (secondary N) is 1. The van der Waals surface area contributed by atoms with Crippen molar-refractivity contribution in [2.24, 2.45) is 0 Å². The zero-order chi connectivity index (χ0) is 13.4. The van der Waals surface area contributed by atoms with Crippen LogP contribution in [0.1, 0.15) is 56.2 Å². The van der Waals surface area contributed by atoms with Crippen molar-refractivity contribution in [2.75, 3.05) is 11.9 Å². The Balaban J connectivity index is 1.96.